The maximum atomic E-state index is 8.24. The number of nitrogen functional groups attached to an aromatic ring is 1. The lowest BCUT2D eigenvalue weighted by atomic mass is 10.4. The lowest BCUT2D eigenvalue weighted by Crippen LogP contribution is -1.99. The van der Waals surface area contributed by atoms with Crippen LogP contribution in [0.1, 0.15) is 5.56 Å². The predicted molar refractivity (Wildman–Crippen MR) is 26.5 cm³/mol. The van der Waals surface area contributed by atoms with Gasteiger partial charge < -0.3 is 5.73 Å². The van der Waals surface area contributed by atoms with Gasteiger partial charge in [-0.1, -0.05) is 0 Å². The molecule has 1 heterocycles. The number of hydrogen-bond donors (Lipinski definition) is 2. The summed E-state index contributed by atoms with van der Waals surface area (Å²) < 4.78 is 0. The largest absolute Gasteiger partial charge is 0.380 e. The van der Waals surface area contributed by atoms with E-state index in [1.807, 2.05) is 6.07 Å². The number of aromatic nitrogens is 2. The molecule has 0 fully saturated rings. The Morgan fingerprint density at radius 3 is 2.88 bits per heavy atom. The second-order valence-electron chi connectivity index (χ2n) is 1.35. The molecule has 1 aromatic heterocycles. The first-order chi connectivity index (χ1) is 3.84. The molecule has 0 aliphatic rings. The molecule has 0 aliphatic carbocycles. The zero-order valence-corrected chi connectivity index (χ0v) is 4.10. The van der Waals surface area contributed by atoms with Gasteiger partial charge in [0, 0.05) is 0 Å². The molecule has 0 atom stereocenters. The smallest absolute Gasteiger partial charge is 0.212 e. The van der Waals surface area contributed by atoms with Crippen molar-refractivity contribution in [3.05, 3.63) is 11.8 Å². The van der Waals surface area contributed by atoms with E-state index in [2.05, 4.69) is 10.2 Å². The van der Waals surface area contributed by atoms with E-state index in [1.165, 1.54) is 6.20 Å². The molecule has 0 saturated carbocycles. The van der Waals surface area contributed by atoms with E-state index in [1.54, 1.807) is 0 Å². The molecular weight excluding hydrogens is 104 g/mol. The van der Waals surface area contributed by atoms with E-state index in [0.717, 1.165) is 0 Å². The average molecular weight is 109 g/mol. The quantitative estimate of drug-likeness (QED) is 0.461. The first-order valence-corrected chi connectivity index (χ1v) is 2.09. The summed E-state index contributed by atoms with van der Waals surface area (Å²) >= 11 is 0. The van der Waals surface area contributed by atoms with E-state index in [9.17, 15) is 0 Å². The van der Waals surface area contributed by atoms with Crippen molar-refractivity contribution in [1.29, 1.82) is 5.26 Å². The zero-order valence-electron chi connectivity index (χ0n) is 4.10. The van der Waals surface area contributed by atoms with Crippen molar-refractivity contribution in [1.82, 2.24) is 5.10 Å². The molecule has 1 rings (SSSR count). The topological polar surface area (TPSA) is 79.7 Å². The Morgan fingerprint density at radius 1 is 1.88 bits per heavy atom. The van der Waals surface area contributed by atoms with Crippen LogP contribution in [0.25, 0.3) is 0 Å². The Kier molecular flexibility index (Phi) is 0.897. The van der Waals surface area contributed by atoms with Crippen LogP contribution in [0.5, 0.6) is 0 Å². The summed E-state index contributed by atoms with van der Waals surface area (Å²) in [6.45, 7) is 0. The second kappa shape index (κ2) is 1.54. The van der Waals surface area contributed by atoms with Crippen LogP contribution < -0.4 is 10.8 Å². The van der Waals surface area contributed by atoms with Crippen molar-refractivity contribution in [2.45, 2.75) is 0 Å². The Hall–Kier alpha value is -1.50. The van der Waals surface area contributed by atoms with E-state index in [-0.39, 0.29) is 0 Å². The summed E-state index contributed by atoms with van der Waals surface area (Å²) in [4.78, 5) is 0. The number of rotatable bonds is 0. The van der Waals surface area contributed by atoms with Gasteiger partial charge in [0.2, 0.25) is 6.20 Å². The number of hydrogen-bond acceptors (Lipinski definition) is 2. The molecule has 4 N–H and O–H groups in total. The Labute approximate surface area is 45.9 Å². The van der Waals surface area contributed by atoms with Crippen molar-refractivity contribution in [2.24, 2.45) is 0 Å². The monoisotopic (exact) mass is 109 g/mol. The van der Waals surface area contributed by atoms with E-state index in [4.69, 9.17) is 11.0 Å². The summed E-state index contributed by atoms with van der Waals surface area (Å²) in [7, 11) is 0. The van der Waals surface area contributed by atoms with Crippen LogP contribution in [0, 0.1) is 11.3 Å². The van der Waals surface area contributed by atoms with Gasteiger partial charge in [-0.2, -0.15) is 10.4 Å². The fraction of sp³-hybridized carbons (Fsp3) is 0. The minimum atomic E-state index is 0.382. The van der Waals surface area contributed by atoms with Gasteiger partial charge in [0.1, 0.15) is 6.07 Å². The maximum absolute atomic E-state index is 8.24. The average Bonchev–Trinajstić information content (AvgIpc) is 2.14. The van der Waals surface area contributed by atoms with Crippen molar-refractivity contribution in [2.75, 3.05) is 5.73 Å². The summed E-state index contributed by atoms with van der Waals surface area (Å²) in [6, 6.07) is 1.89. The summed E-state index contributed by atoms with van der Waals surface area (Å²) in [5, 5.41) is 13.4. The molecule has 0 amide bonds. The minimum Gasteiger partial charge on any atom is -0.380 e. The maximum Gasteiger partial charge on any atom is 0.212 e. The third kappa shape index (κ3) is 0.500. The van der Waals surface area contributed by atoms with Gasteiger partial charge in [-0.15, -0.1) is 5.10 Å². The molecule has 0 saturated heterocycles. The summed E-state index contributed by atoms with van der Waals surface area (Å²) in [5.41, 5.74) is 5.69. The van der Waals surface area contributed by atoms with Crippen LogP contribution in [0.3, 0.4) is 0 Å². The molecule has 40 valence electrons. The summed E-state index contributed by atoms with van der Waals surface area (Å²) in [6.07, 6.45) is 1.51. The highest BCUT2D eigenvalue weighted by molar-refractivity contribution is 5.44. The molecule has 0 aromatic carbocycles. The molecule has 0 spiro atoms. The molecule has 0 bridgehead atoms. The number of anilines is 1. The number of nitriles is 1. The molecule has 0 aliphatic heterocycles. The number of aromatic amines is 2. The fourth-order valence-electron chi connectivity index (χ4n) is 0.424. The first kappa shape index (κ1) is 4.65. The second-order valence-corrected chi connectivity index (χ2v) is 1.35. The third-order valence-electron chi connectivity index (χ3n) is 0.834. The van der Waals surface area contributed by atoms with Crippen molar-refractivity contribution < 1.29 is 5.10 Å². The van der Waals surface area contributed by atoms with Gasteiger partial charge in [-0.05, 0) is 0 Å². The van der Waals surface area contributed by atoms with Crippen molar-refractivity contribution >= 4 is 5.82 Å². The highest BCUT2D eigenvalue weighted by atomic mass is 15.1. The number of H-pyrrole nitrogens is 2. The van der Waals surface area contributed by atoms with Gasteiger partial charge in [-0.3, -0.25) is 0 Å². The van der Waals surface area contributed by atoms with E-state index >= 15 is 0 Å². The highest BCUT2D eigenvalue weighted by Gasteiger charge is 2.00. The van der Waals surface area contributed by atoms with Crippen molar-refractivity contribution in [3.63, 3.8) is 0 Å². The molecule has 1 aromatic rings. The Bertz CT molecular complexity index is 218. The standard InChI is InChI=1S/C4H4N4/c5-1-3-2-7-8-4(3)6/h2H,(H3,6,7,8)/p+1. The molecule has 0 radical (unpaired) electrons. The van der Waals surface area contributed by atoms with Crippen LogP contribution in [0.15, 0.2) is 6.20 Å². The van der Waals surface area contributed by atoms with Gasteiger partial charge in [-0.25, -0.2) is 0 Å². The third-order valence-corrected chi connectivity index (χ3v) is 0.834. The van der Waals surface area contributed by atoms with Gasteiger partial charge >= 0.3 is 0 Å². The number of nitrogens with one attached hydrogen (secondary N) is 2. The zero-order chi connectivity index (χ0) is 5.98. The normalized spacial score (nSPS) is 8.38. The van der Waals surface area contributed by atoms with Crippen molar-refractivity contribution in [3.8, 4) is 6.07 Å². The van der Waals surface area contributed by atoms with Crippen LogP contribution in [0.4, 0.5) is 5.82 Å². The van der Waals surface area contributed by atoms with Gasteiger partial charge in [0.05, 0.1) is 0 Å². The van der Waals surface area contributed by atoms with Gasteiger partial charge in [0.15, 0.2) is 11.4 Å². The minimum absolute atomic E-state index is 0.382. The van der Waals surface area contributed by atoms with Crippen LogP contribution >= 0.6 is 0 Å². The predicted octanol–water partition coefficient (Wildman–Crippen LogP) is -0.717. The molecule has 0 unspecified atom stereocenters. The van der Waals surface area contributed by atoms with Gasteiger partial charge in [0.25, 0.3) is 0 Å². The molecule has 4 nitrogen and oxygen atoms in total. The molecule has 4 heteroatoms. The van der Waals surface area contributed by atoms with Crippen LogP contribution in [-0.4, -0.2) is 5.10 Å². The lowest BCUT2D eigenvalue weighted by molar-refractivity contribution is -0.447. The van der Waals surface area contributed by atoms with E-state index in [0.29, 0.717) is 11.4 Å². The Morgan fingerprint density at radius 2 is 2.62 bits per heavy atom. The first-order valence-electron chi connectivity index (χ1n) is 2.09. The van der Waals surface area contributed by atoms with Crippen LogP contribution in [0.2, 0.25) is 0 Å². The summed E-state index contributed by atoms with van der Waals surface area (Å²) in [5.74, 6) is 0.382. The number of nitrogens with zero attached hydrogens (tertiary/aromatic N) is 1. The fourth-order valence-corrected chi connectivity index (χ4v) is 0.424. The van der Waals surface area contributed by atoms with Crippen LogP contribution in [-0.2, 0) is 0 Å². The number of nitrogens with two attached hydrogens (primary N) is 1. The lowest BCUT2D eigenvalue weighted by Gasteiger charge is -1.72. The highest BCUT2D eigenvalue weighted by Crippen LogP contribution is 1.98. The Balaban J connectivity index is 3.15. The van der Waals surface area contributed by atoms with E-state index < -0.39 is 0 Å². The molecule has 8 heavy (non-hydrogen) atoms. The SMILES string of the molecule is N#Cc1c[nH+][nH]c1N. The molecular formula is C4H5N4+.